The molecule has 1 heterocycles. The average molecular weight is 307 g/mol. The number of carbonyl (C=O) groups is 1. The number of aromatic carboxylic acids is 1. The quantitative estimate of drug-likeness (QED) is 0.904. The fraction of sp³-hybridized carbons (Fsp3) is 0.143. The van der Waals surface area contributed by atoms with E-state index in [0.717, 1.165) is 6.07 Å². The lowest BCUT2D eigenvalue weighted by Gasteiger charge is -2.08. The Morgan fingerprint density at radius 1 is 1.24 bits per heavy atom. The van der Waals surface area contributed by atoms with Crippen molar-refractivity contribution in [1.29, 1.82) is 0 Å². The molecule has 0 bridgehead atoms. The van der Waals surface area contributed by atoms with E-state index >= 15 is 0 Å². The minimum atomic E-state index is -3.64. The number of aromatic nitrogens is 1. The molecule has 6 nitrogen and oxygen atoms in total. The van der Waals surface area contributed by atoms with E-state index in [-0.39, 0.29) is 22.0 Å². The van der Waals surface area contributed by atoms with E-state index < -0.39 is 15.8 Å². The van der Waals surface area contributed by atoms with Crippen LogP contribution in [0, 0.1) is 0 Å². The number of benzene rings is 1. The highest BCUT2D eigenvalue weighted by Gasteiger charge is 2.20. The van der Waals surface area contributed by atoms with Crippen molar-refractivity contribution in [3.8, 4) is 5.75 Å². The Balaban J connectivity index is 2.41. The Morgan fingerprint density at radius 3 is 2.48 bits per heavy atom. The van der Waals surface area contributed by atoms with Crippen LogP contribution in [-0.2, 0) is 15.6 Å². The minimum Gasteiger partial charge on any atom is -0.496 e. The zero-order valence-corrected chi connectivity index (χ0v) is 12.0. The van der Waals surface area contributed by atoms with E-state index in [1.165, 1.54) is 31.6 Å². The van der Waals surface area contributed by atoms with Gasteiger partial charge in [-0.15, -0.1) is 0 Å². The van der Waals surface area contributed by atoms with Gasteiger partial charge in [0.05, 0.1) is 17.8 Å². The number of pyridine rings is 1. The number of carboxylic acids is 1. The standard InChI is InChI=1S/C14H13NO5S/c1-20-13-3-2-11(8-12(13)14(16)17)21(18,19)9-10-4-6-15-7-5-10/h2-8H,9H2,1H3,(H,16,17). The highest BCUT2D eigenvalue weighted by molar-refractivity contribution is 7.90. The molecule has 0 unspecified atom stereocenters. The van der Waals surface area contributed by atoms with E-state index in [4.69, 9.17) is 9.84 Å². The van der Waals surface area contributed by atoms with Gasteiger partial charge in [0.25, 0.3) is 0 Å². The molecule has 2 aromatic rings. The molecule has 0 aliphatic rings. The molecule has 1 aromatic carbocycles. The molecule has 0 amide bonds. The molecular formula is C14H13NO5S. The summed E-state index contributed by atoms with van der Waals surface area (Å²) >= 11 is 0. The topological polar surface area (TPSA) is 93.6 Å². The third-order valence-corrected chi connectivity index (χ3v) is 4.55. The molecule has 0 atom stereocenters. The summed E-state index contributed by atoms with van der Waals surface area (Å²) in [5.74, 6) is -1.35. The summed E-state index contributed by atoms with van der Waals surface area (Å²) in [7, 11) is -2.31. The van der Waals surface area contributed by atoms with E-state index in [1.54, 1.807) is 12.1 Å². The molecule has 1 N–H and O–H groups in total. The first-order valence-electron chi connectivity index (χ1n) is 5.97. The Kier molecular flexibility index (Phi) is 4.23. The molecule has 0 saturated carbocycles. The smallest absolute Gasteiger partial charge is 0.339 e. The maximum absolute atomic E-state index is 12.3. The molecule has 110 valence electrons. The van der Waals surface area contributed by atoms with Crippen molar-refractivity contribution >= 4 is 15.8 Å². The van der Waals surface area contributed by atoms with Gasteiger partial charge in [0, 0.05) is 12.4 Å². The van der Waals surface area contributed by atoms with Crippen molar-refractivity contribution in [2.45, 2.75) is 10.6 Å². The van der Waals surface area contributed by atoms with E-state index in [0.29, 0.717) is 5.56 Å². The van der Waals surface area contributed by atoms with Crippen LogP contribution in [0.5, 0.6) is 5.75 Å². The predicted octanol–water partition coefficient (Wildman–Crippen LogP) is 1.76. The first-order chi connectivity index (χ1) is 9.94. The third-order valence-electron chi connectivity index (χ3n) is 2.87. The molecule has 0 spiro atoms. The van der Waals surface area contributed by atoms with Gasteiger partial charge in [-0.3, -0.25) is 4.98 Å². The maximum atomic E-state index is 12.3. The van der Waals surface area contributed by atoms with Crippen molar-refractivity contribution in [2.24, 2.45) is 0 Å². The summed E-state index contributed by atoms with van der Waals surface area (Å²) in [6.45, 7) is 0. The minimum absolute atomic E-state index is 0.0579. The van der Waals surface area contributed by atoms with Crippen molar-refractivity contribution in [2.75, 3.05) is 7.11 Å². The zero-order chi connectivity index (χ0) is 15.5. The third kappa shape index (κ3) is 3.38. The monoisotopic (exact) mass is 307 g/mol. The lowest BCUT2D eigenvalue weighted by atomic mass is 10.2. The summed E-state index contributed by atoms with van der Waals surface area (Å²) in [6.07, 6.45) is 3.00. The highest BCUT2D eigenvalue weighted by Crippen LogP contribution is 2.24. The highest BCUT2D eigenvalue weighted by atomic mass is 32.2. The van der Waals surface area contributed by atoms with Crippen LogP contribution in [0.4, 0.5) is 0 Å². The number of ether oxygens (including phenoxy) is 1. The van der Waals surface area contributed by atoms with E-state index in [9.17, 15) is 13.2 Å². The number of methoxy groups -OCH3 is 1. The Morgan fingerprint density at radius 2 is 1.90 bits per heavy atom. The summed E-state index contributed by atoms with van der Waals surface area (Å²) in [4.78, 5) is 14.9. The van der Waals surface area contributed by atoms with Crippen LogP contribution in [0.3, 0.4) is 0 Å². The van der Waals surface area contributed by atoms with Crippen molar-refractivity contribution in [1.82, 2.24) is 4.98 Å². The van der Waals surface area contributed by atoms with Crippen LogP contribution in [-0.4, -0.2) is 31.6 Å². The fourth-order valence-corrected chi connectivity index (χ4v) is 3.20. The Bertz CT molecular complexity index is 756. The van der Waals surface area contributed by atoms with Gasteiger partial charge in [-0.1, -0.05) is 0 Å². The van der Waals surface area contributed by atoms with Crippen LogP contribution in [0.2, 0.25) is 0 Å². The molecule has 0 saturated heterocycles. The van der Waals surface area contributed by atoms with E-state index in [1.807, 2.05) is 0 Å². The van der Waals surface area contributed by atoms with Crippen LogP contribution in [0.25, 0.3) is 0 Å². The van der Waals surface area contributed by atoms with Gasteiger partial charge in [-0.25, -0.2) is 13.2 Å². The van der Waals surface area contributed by atoms with Gasteiger partial charge in [-0.2, -0.15) is 0 Å². The second-order valence-electron chi connectivity index (χ2n) is 4.28. The summed E-state index contributed by atoms with van der Waals surface area (Å²) in [6, 6.07) is 6.97. The normalized spacial score (nSPS) is 11.1. The maximum Gasteiger partial charge on any atom is 0.339 e. The summed E-state index contributed by atoms with van der Waals surface area (Å²) in [5.41, 5.74) is 0.394. The first kappa shape index (κ1) is 15.0. The number of nitrogens with zero attached hydrogens (tertiary/aromatic N) is 1. The van der Waals surface area contributed by atoms with Crippen LogP contribution >= 0.6 is 0 Å². The molecule has 21 heavy (non-hydrogen) atoms. The zero-order valence-electron chi connectivity index (χ0n) is 11.2. The lowest BCUT2D eigenvalue weighted by molar-refractivity contribution is 0.0693. The molecule has 1 aromatic heterocycles. The van der Waals surface area contributed by atoms with Crippen LogP contribution in [0.1, 0.15) is 15.9 Å². The van der Waals surface area contributed by atoms with Gasteiger partial charge < -0.3 is 9.84 Å². The Labute approximate surface area is 121 Å². The van der Waals surface area contributed by atoms with Crippen LogP contribution in [0.15, 0.2) is 47.6 Å². The predicted molar refractivity (Wildman–Crippen MR) is 75.1 cm³/mol. The molecule has 0 fully saturated rings. The molecule has 0 aliphatic heterocycles. The number of hydrogen-bond acceptors (Lipinski definition) is 5. The largest absolute Gasteiger partial charge is 0.496 e. The number of hydrogen-bond donors (Lipinski definition) is 1. The van der Waals surface area contributed by atoms with Gasteiger partial charge in [0.1, 0.15) is 11.3 Å². The van der Waals surface area contributed by atoms with Crippen LogP contribution < -0.4 is 4.74 Å². The fourth-order valence-electron chi connectivity index (χ4n) is 1.83. The lowest BCUT2D eigenvalue weighted by Crippen LogP contribution is -2.08. The number of carboxylic acid groups (broad SMARTS) is 1. The summed E-state index contributed by atoms with van der Waals surface area (Å²) < 4.78 is 29.6. The number of sulfone groups is 1. The summed E-state index contributed by atoms with van der Waals surface area (Å²) in [5, 5.41) is 9.09. The Hall–Kier alpha value is -2.41. The van der Waals surface area contributed by atoms with Crippen molar-refractivity contribution in [3.05, 3.63) is 53.9 Å². The van der Waals surface area contributed by atoms with Gasteiger partial charge >= 0.3 is 5.97 Å². The first-order valence-corrected chi connectivity index (χ1v) is 7.62. The van der Waals surface area contributed by atoms with Gasteiger partial charge in [0.2, 0.25) is 0 Å². The van der Waals surface area contributed by atoms with Crippen molar-refractivity contribution < 1.29 is 23.1 Å². The number of rotatable bonds is 5. The average Bonchev–Trinajstić information content (AvgIpc) is 2.47. The van der Waals surface area contributed by atoms with Gasteiger partial charge in [-0.05, 0) is 35.9 Å². The second kappa shape index (κ2) is 5.92. The molecule has 7 heteroatoms. The van der Waals surface area contributed by atoms with Gasteiger partial charge in [0.15, 0.2) is 9.84 Å². The van der Waals surface area contributed by atoms with E-state index in [2.05, 4.69) is 4.98 Å². The second-order valence-corrected chi connectivity index (χ2v) is 6.27. The molecule has 0 aliphatic carbocycles. The molecule has 0 radical (unpaired) electrons. The SMILES string of the molecule is COc1ccc(S(=O)(=O)Cc2ccncc2)cc1C(=O)O. The van der Waals surface area contributed by atoms with Crippen molar-refractivity contribution in [3.63, 3.8) is 0 Å². The molecule has 2 rings (SSSR count). The molecular weight excluding hydrogens is 294 g/mol.